The van der Waals surface area contributed by atoms with Gasteiger partial charge in [0.15, 0.2) is 0 Å². The zero-order chi connectivity index (χ0) is 20.7. The number of aliphatic imine (C=N–C) groups is 1. The smallest absolute Gasteiger partial charge is 0.129 e. The van der Waals surface area contributed by atoms with Crippen molar-refractivity contribution in [3.63, 3.8) is 0 Å². The highest BCUT2D eigenvalue weighted by Gasteiger charge is 2.34. The van der Waals surface area contributed by atoms with E-state index in [1.54, 1.807) is 0 Å². The molecule has 4 heterocycles. The highest BCUT2D eigenvalue weighted by molar-refractivity contribution is 5.96. The number of aryl methyl sites for hydroxylation is 1. The van der Waals surface area contributed by atoms with Crippen molar-refractivity contribution in [1.82, 2.24) is 24.6 Å². The summed E-state index contributed by atoms with van der Waals surface area (Å²) in [4.78, 5) is 19.6. The maximum atomic E-state index is 5.09. The van der Waals surface area contributed by atoms with Gasteiger partial charge in [-0.25, -0.2) is 0 Å². The summed E-state index contributed by atoms with van der Waals surface area (Å²) in [6, 6.07) is 5.61. The first kappa shape index (κ1) is 19.8. The number of allylic oxidation sites excluding steroid dienone is 2. The van der Waals surface area contributed by atoms with E-state index in [9.17, 15) is 0 Å². The van der Waals surface area contributed by atoms with Gasteiger partial charge in [-0.15, -0.1) is 0 Å². The fourth-order valence-electron chi connectivity index (χ4n) is 5.55. The van der Waals surface area contributed by atoms with E-state index in [1.165, 1.54) is 42.9 Å². The molecule has 4 aliphatic rings. The first-order chi connectivity index (χ1) is 14.6. The molecule has 0 saturated carbocycles. The Morgan fingerprint density at radius 2 is 2.10 bits per heavy atom. The van der Waals surface area contributed by atoms with E-state index in [-0.39, 0.29) is 0 Å². The van der Waals surface area contributed by atoms with Crippen LogP contribution in [0.1, 0.15) is 36.6 Å². The lowest BCUT2D eigenvalue weighted by Gasteiger charge is -2.36. The van der Waals surface area contributed by atoms with Crippen LogP contribution in [0.5, 0.6) is 0 Å². The molecule has 3 unspecified atom stereocenters. The molecule has 6 nitrogen and oxygen atoms in total. The third-order valence-electron chi connectivity index (χ3n) is 7.22. The second-order valence-electron chi connectivity index (χ2n) is 9.35. The van der Waals surface area contributed by atoms with Gasteiger partial charge in [-0.1, -0.05) is 12.1 Å². The summed E-state index contributed by atoms with van der Waals surface area (Å²) in [7, 11) is 6.71. The Kier molecular flexibility index (Phi) is 5.37. The molecule has 6 heteroatoms. The molecule has 1 fully saturated rings. The van der Waals surface area contributed by atoms with Crippen LogP contribution < -0.4 is 0 Å². The average Bonchev–Trinajstić information content (AvgIpc) is 3.38. The van der Waals surface area contributed by atoms with Crippen molar-refractivity contribution in [2.24, 2.45) is 4.99 Å². The molecule has 0 bridgehead atoms. The summed E-state index contributed by atoms with van der Waals surface area (Å²) in [5, 5.41) is 0. The summed E-state index contributed by atoms with van der Waals surface area (Å²) < 4.78 is 0. The second kappa shape index (κ2) is 8.16. The molecule has 0 amide bonds. The Labute approximate surface area is 180 Å². The van der Waals surface area contributed by atoms with Crippen LogP contribution in [-0.4, -0.2) is 89.8 Å². The quantitative estimate of drug-likeness (QED) is 0.751. The van der Waals surface area contributed by atoms with Crippen LogP contribution in [0.4, 0.5) is 0 Å². The average molecular weight is 407 g/mol. The van der Waals surface area contributed by atoms with Gasteiger partial charge < -0.3 is 14.7 Å². The lowest BCUT2D eigenvalue weighted by atomic mass is 9.91. The molecule has 160 valence electrons. The maximum absolute atomic E-state index is 5.09. The minimum absolute atomic E-state index is 0.296. The fourth-order valence-corrected chi connectivity index (χ4v) is 5.55. The number of rotatable bonds is 5. The van der Waals surface area contributed by atoms with E-state index in [0.717, 1.165) is 31.9 Å². The summed E-state index contributed by atoms with van der Waals surface area (Å²) >= 11 is 0. The van der Waals surface area contributed by atoms with Crippen molar-refractivity contribution in [3.05, 3.63) is 53.6 Å². The summed E-state index contributed by atoms with van der Waals surface area (Å²) in [6.45, 7) is 4.25. The number of likely N-dealkylation sites (tertiary alicyclic amines) is 1. The van der Waals surface area contributed by atoms with Gasteiger partial charge in [-0.05, 0) is 70.1 Å². The van der Waals surface area contributed by atoms with Gasteiger partial charge in [0.1, 0.15) is 11.7 Å². The van der Waals surface area contributed by atoms with Crippen molar-refractivity contribution >= 4 is 5.84 Å². The van der Waals surface area contributed by atoms with Crippen molar-refractivity contribution in [3.8, 4) is 0 Å². The van der Waals surface area contributed by atoms with Crippen LogP contribution in [0.2, 0.25) is 0 Å². The topological polar surface area (TPSA) is 38.2 Å². The minimum Gasteiger partial charge on any atom is -0.357 e. The van der Waals surface area contributed by atoms with Crippen LogP contribution in [0, 0.1) is 0 Å². The van der Waals surface area contributed by atoms with Gasteiger partial charge in [-0.2, -0.15) is 0 Å². The molecule has 0 spiro atoms. The molecule has 1 saturated heterocycles. The molecule has 30 heavy (non-hydrogen) atoms. The molecule has 1 aromatic heterocycles. The number of hydrogen-bond acceptors (Lipinski definition) is 6. The Morgan fingerprint density at radius 3 is 2.93 bits per heavy atom. The molecule has 0 radical (unpaired) electrons. The van der Waals surface area contributed by atoms with Gasteiger partial charge in [0.25, 0.3) is 0 Å². The highest BCUT2D eigenvalue weighted by Crippen LogP contribution is 2.33. The van der Waals surface area contributed by atoms with E-state index in [1.807, 2.05) is 6.20 Å². The first-order valence-electron chi connectivity index (χ1n) is 11.4. The predicted molar refractivity (Wildman–Crippen MR) is 121 cm³/mol. The zero-order valence-corrected chi connectivity index (χ0v) is 18.5. The fraction of sp³-hybridized carbons (Fsp3) is 0.583. The number of nitrogens with zero attached hydrogens (tertiary/aromatic N) is 6. The molecule has 0 N–H and O–H groups in total. The van der Waals surface area contributed by atoms with Crippen molar-refractivity contribution in [2.75, 3.05) is 47.3 Å². The van der Waals surface area contributed by atoms with Crippen LogP contribution >= 0.6 is 0 Å². The normalized spacial score (nSPS) is 28.4. The highest BCUT2D eigenvalue weighted by atomic mass is 15.4. The van der Waals surface area contributed by atoms with E-state index in [0.29, 0.717) is 18.1 Å². The maximum Gasteiger partial charge on any atom is 0.129 e. The number of hydrogen-bond donors (Lipinski definition) is 0. The SMILES string of the molecule is CN1CCC(N(C)C2=CC=CC3=NC(CN(C)C4CCCc5cccnc54)CN23)C1. The number of fused-ring (bicyclic) bond motifs is 2. The zero-order valence-electron chi connectivity index (χ0n) is 18.5. The van der Waals surface area contributed by atoms with Crippen LogP contribution in [0.3, 0.4) is 0 Å². The summed E-state index contributed by atoms with van der Waals surface area (Å²) in [6.07, 6.45) is 13.3. The molecule has 1 aromatic rings. The minimum atomic E-state index is 0.296. The van der Waals surface area contributed by atoms with Crippen LogP contribution in [0.25, 0.3) is 0 Å². The largest absolute Gasteiger partial charge is 0.357 e. The molecular formula is C24H34N6. The third-order valence-corrected chi connectivity index (χ3v) is 7.22. The van der Waals surface area contributed by atoms with Gasteiger partial charge in [0.05, 0.1) is 17.8 Å². The standard InChI is InChI=1S/C24H34N6/c1-27-14-12-20(17-27)29(3)23-11-5-10-22-26-19(16-30(22)23)15-28(2)21-9-4-7-18-8-6-13-25-24(18)21/h5-6,8,10-11,13,19-21H,4,7,9,12,14-17H2,1-3H3. The van der Waals surface area contributed by atoms with Crippen molar-refractivity contribution in [2.45, 2.75) is 43.8 Å². The van der Waals surface area contributed by atoms with Crippen LogP contribution in [0.15, 0.2) is 47.4 Å². The lowest BCUT2D eigenvalue weighted by molar-refractivity contribution is 0.196. The van der Waals surface area contributed by atoms with E-state index >= 15 is 0 Å². The van der Waals surface area contributed by atoms with Gasteiger partial charge in [-0.3, -0.25) is 14.9 Å². The van der Waals surface area contributed by atoms with Crippen LogP contribution in [-0.2, 0) is 6.42 Å². The second-order valence-corrected chi connectivity index (χ2v) is 9.35. The van der Waals surface area contributed by atoms with Gasteiger partial charge >= 0.3 is 0 Å². The summed E-state index contributed by atoms with van der Waals surface area (Å²) in [5.41, 5.74) is 2.70. The Hall–Kier alpha value is -2.18. The molecule has 3 aliphatic heterocycles. The van der Waals surface area contributed by atoms with Gasteiger partial charge in [0, 0.05) is 38.9 Å². The number of aromatic nitrogens is 1. The molecule has 5 rings (SSSR count). The van der Waals surface area contributed by atoms with Crippen molar-refractivity contribution < 1.29 is 0 Å². The first-order valence-corrected chi connectivity index (χ1v) is 11.4. The Morgan fingerprint density at radius 1 is 1.20 bits per heavy atom. The van der Waals surface area contributed by atoms with Gasteiger partial charge in [0.2, 0.25) is 0 Å². The lowest BCUT2D eigenvalue weighted by Crippen LogP contribution is -2.43. The number of amidine groups is 1. The Balaban J connectivity index is 1.26. The third kappa shape index (κ3) is 3.67. The van der Waals surface area contributed by atoms with E-state index < -0.39 is 0 Å². The molecular weight excluding hydrogens is 372 g/mol. The van der Waals surface area contributed by atoms with E-state index in [2.05, 4.69) is 71.1 Å². The molecule has 1 aliphatic carbocycles. The number of pyridine rings is 1. The monoisotopic (exact) mass is 406 g/mol. The Bertz CT molecular complexity index is 874. The summed E-state index contributed by atoms with van der Waals surface area (Å²) in [5.74, 6) is 2.41. The van der Waals surface area contributed by atoms with E-state index in [4.69, 9.17) is 9.98 Å². The predicted octanol–water partition coefficient (Wildman–Crippen LogP) is 2.52. The molecule has 3 atom stereocenters. The molecule has 0 aromatic carbocycles. The van der Waals surface area contributed by atoms with Crippen molar-refractivity contribution in [1.29, 1.82) is 0 Å². The number of likely N-dealkylation sites (N-methyl/N-ethyl adjacent to an activating group) is 3.